The van der Waals surface area contributed by atoms with E-state index in [9.17, 15) is 0 Å². The third-order valence-corrected chi connectivity index (χ3v) is 3.12. The van der Waals surface area contributed by atoms with Gasteiger partial charge in [0, 0.05) is 25.3 Å². The SMILES string of the molecule is ClCC[n+]1ccc(C2CCOCC2)cc1. The molecule has 1 aliphatic heterocycles. The van der Waals surface area contributed by atoms with Crippen molar-refractivity contribution >= 4 is 11.6 Å². The van der Waals surface area contributed by atoms with Gasteiger partial charge in [0.2, 0.25) is 0 Å². The van der Waals surface area contributed by atoms with Crippen molar-refractivity contribution in [3.8, 4) is 0 Å². The van der Waals surface area contributed by atoms with Crippen LogP contribution in [0.4, 0.5) is 0 Å². The Kier molecular flexibility index (Phi) is 3.98. The van der Waals surface area contributed by atoms with Crippen LogP contribution < -0.4 is 4.57 Å². The molecule has 3 heteroatoms. The minimum atomic E-state index is 0.668. The lowest BCUT2D eigenvalue weighted by Gasteiger charge is -2.21. The highest BCUT2D eigenvalue weighted by atomic mass is 35.5. The van der Waals surface area contributed by atoms with Crippen molar-refractivity contribution in [2.24, 2.45) is 0 Å². The van der Waals surface area contributed by atoms with Gasteiger partial charge in [-0.3, -0.25) is 0 Å². The maximum atomic E-state index is 5.69. The molecule has 0 radical (unpaired) electrons. The van der Waals surface area contributed by atoms with Gasteiger partial charge >= 0.3 is 0 Å². The fraction of sp³-hybridized carbons (Fsp3) is 0.583. The van der Waals surface area contributed by atoms with E-state index in [2.05, 4.69) is 29.1 Å². The molecule has 1 aromatic heterocycles. The molecular weight excluding hydrogens is 210 g/mol. The molecule has 2 heterocycles. The Labute approximate surface area is 95.8 Å². The highest BCUT2D eigenvalue weighted by Crippen LogP contribution is 2.25. The molecule has 2 rings (SSSR count). The van der Waals surface area contributed by atoms with Gasteiger partial charge in [-0.1, -0.05) is 0 Å². The Hall–Kier alpha value is -0.600. The predicted molar refractivity (Wildman–Crippen MR) is 60.2 cm³/mol. The predicted octanol–water partition coefficient (Wildman–Crippen LogP) is 2.11. The summed E-state index contributed by atoms with van der Waals surface area (Å²) in [5, 5.41) is 0. The number of nitrogens with zero attached hydrogens (tertiary/aromatic N) is 1. The topological polar surface area (TPSA) is 13.1 Å². The molecule has 1 aliphatic rings. The molecule has 0 spiro atoms. The van der Waals surface area contributed by atoms with Gasteiger partial charge < -0.3 is 4.74 Å². The minimum Gasteiger partial charge on any atom is -0.381 e. The largest absolute Gasteiger partial charge is 0.381 e. The number of aryl methyl sites for hydroxylation is 1. The second-order valence-electron chi connectivity index (χ2n) is 3.94. The van der Waals surface area contributed by atoms with E-state index < -0.39 is 0 Å². The molecule has 82 valence electrons. The normalized spacial score (nSPS) is 17.9. The van der Waals surface area contributed by atoms with E-state index in [1.807, 2.05) is 0 Å². The molecule has 1 saturated heterocycles. The monoisotopic (exact) mass is 226 g/mol. The first-order chi connectivity index (χ1) is 7.40. The number of hydrogen-bond donors (Lipinski definition) is 0. The summed E-state index contributed by atoms with van der Waals surface area (Å²) in [7, 11) is 0. The van der Waals surface area contributed by atoms with Crippen molar-refractivity contribution in [1.82, 2.24) is 0 Å². The number of ether oxygens (including phenoxy) is 1. The molecule has 0 atom stereocenters. The number of pyridine rings is 1. The van der Waals surface area contributed by atoms with Crippen LogP contribution in [0.25, 0.3) is 0 Å². The molecule has 0 aliphatic carbocycles. The van der Waals surface area contributed by atoms with Crippen molar-refractivity contribution in [3.05, 3.63) is 30.1 Å². The summed E-state index contributed by atoms with van der Waals surface area (Å²) in [4.78, 5) is 0. The van der Waals surface area contributed by atoms with Crippen LogP contribution in [0.3, 0.4) is 0 Å². The van der Waals surface area contributed by atoms with Crippen LogP contribution in [-0.4, -0.2) is 19.1 Å². The summed E-state index contributed by atoms with van der Waals surface area (Å²) < 4.78 is 7.48. The second kappa shape index (κ2) is 5.47. The molecule has 0 bridgehead atoms. The lowest BCUT2D eigenvalue weighted by Crippen LogP contribution is -2.33. The summed E-state index contributed by atoms with van der Waals surface area (Å²) in [6.07, 6.45) is 6.54. The Morgan fingerprint density at radius 1 is 1.27 bits per heavy atom. The van der Waals surface area contributed by atoms with Gasteiger partial charge in [0.05, 0.1) is 5.88 Å². The zero-order valence-corrected chi connectivity index (χ0v) is 9.62. The van der Waals surface area contributed by atoms with Crippen molar-refractivity contribution in [2.75, 3.05) is 19.1 Å². The fourth-order valence-corrected chi connectivity index (χ4v) is 2.21. The smallest absolute Gasteiger partial charge is 0.169 e. The number of aromatic nitrogens is 1. The molecular formula is C12H17ClNO+. The van der Waals surface area contributed by atoms with Gasteiger partial charge in [-0.25, -0.2) is 4.57 Å². The number of halogens is 1. The number of hydrogen-bond acceptors (Lipinski definition) is 1. The fourth-order valence-electron chi connectivity index (χ4n) is 2.02. The molecule has 0 amide bonds. The second-order valence-corrected chi connectivity index (χ2v) is 4.32. The van der Waals surface area contributed by atoms with Crippen molar-refractivity contribution < 1.29 is 9.30 Å². The lowest BCUT2D eigenvalue weighted by atomic mass is 9.93. The molecule has 1 aromatic rings. The molecule has 1 fully saturated rings. The highest BCUT2D eigenvalue weighted by molar-refractivity contribution is 6.17. The zero-order chi connectivity index (χ0) is 10.5. The van der Waals surface area contributed by atoms with E-state index in [1.54, 1.807) is 0 Å². The van der Waals surface area contributed by atoms with E-state index in [-0.39, 0.29) is 0 Å². The van der Waals surface area contributed by atoms with E-state index in [0.29, 0.717) is 11.8 Å². The first kappa shape index (κ1) is 10.9. The standard InChI is InChI=1S/C12H17ClNO/c13-5-8-14-6-1-11(2-7-14)12-3-9-15-10-4-12/h1-2,6-7,12H,3-5,8-10H2/q+1. The Morgan fingerprint density at radius 2 is 1.93 bits per heavy atom. The van der Waals surface area contributed by atoms with Gasteiger partial charge in [-0.05, 0) is 24.3 Å². The Balaban J connectivity index is 2.02. The average molecular weight is 227 g/mol. The summed E-state index contributed by atoms with van der Waals surface area (Å²) >= 11 is 5.69. The maximum absolute atomic E-state index is 5.69. The highest BCUT2D eigenvalue weighted by Gasteiger charge is 2.16. The van der Waals surface area contributed by atoms with Gasteiger partial charge in [-0.2, -0.15) is 0 Å². The molecule has 0 saturated carbocycles. The van der Waals surface area contributed by atoms with Gasteiger partial charge in [0.15, 0.2) is 18.9 Å². The van der Waals surface area contributed by atoms with Gasteiger partial charge in [-0.15, -0.1) is 11.6 Å². The van der Waals surface area contributed by atoms with Crippen molar-refractivity contribution in [1.29, 1.82) is 0 Å². The molecule has 0 aromatic carbocycles. The van der Waals surface area contributed by atoms with Gasteiger partial charge in [0.25, 0.3) is 0 Å². The summed E-state index contributed by atoms with van der Waals surface area (Å²) in [6.45, 7) is 2.69. The number of rotatable bonds is 3. The van der Waals surface area contributed by atoms with E-state index in [1.165, 1.54) is 5.56 Å². The minimum absolute atomic E-state index is 0.668. The summed E-state index contributed by atoms with van der Waals surface area (Å²) in [6, 6.07) is 4.42. The Bertz CT molecular complexity index is 293. The Morgan fingerprint density at radius 3 is 2.53 bits per heavy atom. The van der Waals surface area contributed by atoms with Crippen molar-refractivity contribution in [2.45, 2.75) is 25.3 Å². The van der Waals surface area contributed by atoms with Crippen LogP contribution in [0.5, 0.6) is 0 Å². The van der Waals surface area contributed by atoms with E-state index >= 15 is 0 Å². The van der Waals surface area contributed by atoms with E-state index in [4.69, 9.17) is 16.3 Å². The molecule has 0 unspecified atom stereocenters. The number of alkyl halides is 1. The molecule has 15 heavy (non-hydrogen) atoms. The van der Waals surface area contributed by atoms with Crippen LogP contribution in [0.15, 0.2) is 24.5 Å². The molecule has 2 nitrogen and oxygen atoms in total. The molecule has 0 N–H and O–H groups in total. The van der Waals surface area contributed by atoms with Crippen LogP contribution in [0.2, 0.25) is 0 Å². The van der Waals surface area contributed by atoms with Gasteiger partial charge in [0.1, 0.15) is 0 Å². The average Bonchev–Trinajstić information content (AvgIpc) is 2.32. The van der Waals surface area contributed by atoms with Crippen molar-refractivity contribution in [3.63, 3.8) is 0 Å². The third kappa shape index (κ3) is 2.93. The first-order valence-electron chi connectivity index (χ1n) is 5.53. The summed E-state index contributed by atoms with van der Waals surface area (Å²) in [5.74, 6) is 1.35. The van der Waals surface area contributed by atoms with Crippen LogP contribution in [0.1, 0.15) is 24.3 Å². The van der Waals surface area contributed by atoms with Crippen LogP contribution in [-0.2, 0) is 11.3 Å². The summed E-state index contributed by atoms with van der Waals surface area (Å²) in [5.41, 5.74) is 1.43. The lowest BCUT2D eigenvalue weighted by molar-refractivity contribution is -0.692. The maximum Gasteiger partial charge on any atom is 0.169 e. The quantitative estimate of drug-likeness (QED) is 0.569. The van der Waals surface area contributed by atoms with Crippen LogP contribution >= 0.6 is 11.6 Å². The van der Waals surface area contributed by atoms with Crippen LogP contribution in [0, 0.1) is 0 Å². The van der Waals surface area contributed by atoms with E-state index in [0.717, 1.165) is 32.6 Å². The zero-order valence-electron chi connectivity index (χ0n) is 8.86. The third-order valence-electron chi connectivity index (χ3n) is 2.95. The first-order valence-corrected chi connectivity index (χ1v) is 6.06.